The predicted molar refractivity (Wildman–Crippen MR) is 481 cm³/mol. The third-order valence-corrected chi connectivity index (χ3v) is 19.4. The second kappa shape index (κ2) is 45.6. The van der Waals surface area contributed by atoms with Gasteiger partial charge in [-0.1, -0.05) is 312 Å². The number of aromatic nitrogens is 8. The van der Waals surface area contributed by atoms with Crippen LogP contribution in [0.2, 0.25) is 0 Å². The number of ether oxygens (including phenoxy) is 3. The van der Waals surface area contributed by atoms with Crippen molar-refractivity contribution in [1.82, 2.24) is 39.5 Å². The molecule has 12 aromatic carbocycles. The van der Waals surface area contributed by atoms with Gasteiger partial charge in [-0.05, 0) is 73.5 Å². The van der Waals surface area contributed by atoms with Gasteiger partial charge >= 0.3 is 61.3 Å². The number of pyridine rings is 3. The van der Waals surface area contributed by atoms with E-state index in [0.29, 0.717) is 58.6 Å². The molecule has 19 aromatic rings. The molecular weight excluding hydrogens is 1810 g/mol. The van der Waals surface area contributed by atoms with Crippen LogP contribution in [0.1, 0.15) is 27.7 Å². The zero-order valence-electron chi connectivity index (χ0n) is 66.5. The van der Waals surface area contributed by atoms with Gasteiger partial charge < -0.3 is 46.1 Å². The molecule has 0 bridgehead atoms. The maximum Gasteiger partial charge on any atom is 2.00 e. The molecule has 0 saturated carbocycles. The predicted octanol–water partition coefficient (Wildman–Crippen LogP) is 26.9. The molecule has 0 aliphatic rings. The van der Waals surface area contributed by atoms with Crippen molar-refractivity contribution in [2.75, 3.05) is 0 Å². The van der Waals surface area contributed by atoms with E-state index in [4.69, 9.17) is 31.3 Å². The van der Waals surface area contributed by atoms with Gasteiger partial charge in [-0.25, -0.2) is 15.0 Å². The van der Waals surface area contributed by atoms with Crippen LogP contribution in [0, 0.1) is 18.2 Å². The van der Waals surface area contributed by atoms with Crippen LogP contribution in [-0.4, -0.2) is 46.6 Å². The minimum absolute atomic E-state index is 0. The Hall–Kier alpha value is -12.5. The van der Waals surface area contributed by atoms with Crippen LogP contribution in [-0.2, 0) is 80.9 Å². The number of hydrogen-bond acceptors (Lipinski definition) is 12. The number of benzene rings is 12. The van der Waals surface area contributed by atoms with E-state index in [1.54, 1.807) is 42.2 Å². The van der Waals surface area contributed by atoms with Gasteiger partial charge in [-0.3, -0.25) is 15.0 Å². The smallest absolute Gasteiger partial charge is 0.780 e. The SMILES string of the molecule is CC(C)[N-]C(C)C.Cn1c(-c2ccc(-c3ccccc3)cc2)cnc1-c1[c-]c(Oc2ccccn2)ccc1.[Pd+2].[Pd+2].[Pd+2].[S-]c1ccccc1.[c-]1c(Oc2ccccn2)cccc1-c1ncc(-c2ccc(-c3ccccc3)cc2)o1.[c-]1c(Oc2ccccn2)cccc1-c1ncc(-c2ccc(-c3ccccc3)cc2)s1.c1ccc2c(c1)[n-]c1ccccc12. The molecule has 13 nitrogen and oxygen atoms in total. The summed E-state index contributed by atoms with van der Waals surface area (Å²) in [6.07, 6.45) is 10.6. The first kappa shape index (κ1) is 89.3. The summed E-state index contributed by atoms with van der Waals surface area (Å²) >= 11 is 6.45. The van der Waals surface area contributed by atoms with Crippen molar-refractivity contribution in [3.63, 3.8) is 0 Å². The van der Waals surface area contributed by atoms with E-state index in [0.717, 1.165) is 76.3 Å². The van der Waals surface area contributed by atoms with E-state index in [1.165, 1.54) is 38.6 Å². The summed E-state index contributed by atoms with van der Waals surface area (Å²) in [5.41, 5.74) is 16.1. The van der Waals surface area contributed by atoms with E-state index in [-0.39, 0.29) is 61.3 Å². The monoisotopic (exact) mass is 1890 g/mol. The molecule has 0 fully saturated rings. The molecule has 0 saturated heterocycles. The first-order valence-electron chi connectivity index (χ1n) is 38.5. The number of oxazole rings is 1. The van der Waals surface area contributed by atoms with E-state index >= 15 is 0 Å². The average molecular weight is 1890 g/mol. The van der Waals surface area contributed by atoms with Crippen LogP contribution in [0.4, 0.5) is 0 Å². The Morgan fingerprint density at radius 1 is 0.355 bits per heavy atom. The van der Waals surface area contributed by atoms with Gasteiger partial charge in [0, 0.05) is 88.9 Å². The number of thiazole rings is 1. The first-order valence-corrected chi connectivity index (χ1v) is 39.8. The van der Waals surface area contributed by atoms with Crippen LogP contribution in [0.25, 0.3) is 127 Å². The molecule has 18 heteroatoms. The van der Waals surface area contributed by atoms with Crippen molar-refractivity contribution in [2.24, 2.45) is 7.05 Å². The van der Waals surface area contributed by atoms with Gasteiger partial charge in [-0.15, -0.1) is 88.8 Å². The van der Waals surface area contributed by atoms with Gasteiger partial charge in [-0.2, -0.15) is 16.2 Å². The molecule has 0 amide bonds. The molecule has 7 heterocycles. The van der Waals surface area contributed by atoms with E-state index in [2.05, 4.69) is 248 Å². The Morgan fingerprint density at radius 3 is 1.17 bits per heavy atom. The fourth-order valence-electron chi connectivity index (χ4n) is 12.6. The summed E-state index contributed by atoms with van der Waals surface area (Å²) in [6.45, 7) is 8.39. The first-order chi connectivity index (χ1) is 57.9. The fourth-order valence-corrected chi connectivity index (χ4v) is 13.6. The number of para-hydroxylation sites is 2. The molecule has 0 aliphatic heterocycles. The Kier molecular flexibility index (Phi) is 33.7. The fraction of sp³-hybridized carbons (Fsp3) is 0.0680. The third-order valence-electron chi connectivity index (χ3n) is 18.1. The molecular formula is C103H81N9O4Pd3S2. The molecule has 0 N–H and O–H groups in total. The summed E-state index contributed by atoms with van der Waals surface area (Å²) in [5.74, 6) is 5.39. The standard InChI is InChI=1S/C27H20N3O.C26H17N2O2.C26H17N2OS.C12H8N.C6H14N.C6H6S.3Pd/c1-30-25(22-15-13-21(14-16-22)20-8-3-2-4-9-20)19-29-27(30)23-10-7-11-24(18-23)31-26-12-5-6-17-28-26;2*1-2-7-19(8-3-1)20-12-14-21(15-13-20)24-18-28-26(30-24)22-9-6-10-23(17-22)29-25-11-4-5-16-27-25;1-3-7-11-9(5-1)10-6-2-4-8-12(10)13-11;1-5(2)7-6(3)4;7-6-4-2-1-3-5-6;;;/h2-17,19H,1H3;2*1-16,18H;1-8H;5-6H,1-4H3;1-5,7H;;;/q5*-1;;3*+2/p-1. The van der Waals surface area contributed by atoms with Gasteiger partial charge in [0.25, 0.3) is 0 Å². The summed E-state index contributed by atoms with van der Waals surface area (Å²) in [4.78, 5) is 32.8. The average Bonchev–Trinajstić information content (AvgIpc) is 1.63. The normalized spacial score (nSPS) is 10.4. The van der Waals surface area contributed by atoms with Crippen molar-refractivity contribution < 1.29 is 79.9 Å². The molecule has 0 atom stereocenters. The van der Waals surface area contributed by atoms with E-state index in [1.807, 2.05) is 207 Å². The largest absolute Gasteiger partial charge is 2.00 e. The number of rotatable bonds is 17. The van der Waals surface area contributed by atoms with Crippen LogP contribution in [0.15, 0.2) is 398 Å². The number of hydrogen-bond donors (Lipinski definition) is 0. The maximum atomic E-state index is 5.99. The zero-order valence-corrected chi connectivity index (χ0v) is 72.8. The van der Waals surface area contributed by atoms with Crippen molar-refractivity contribution in [3.05, 3.63) is 413 Å². The minimum atomic E-state index is 0. The molecule has 0 unspecified atom stereocenters. The number of fused-ring (bicyclic) bond motifs is 3. The topological polar surface area (TPSA) is 151 Å². The molecule has 604 valence electrons. The molecule has 19 rings (SSSR count). The second-order valence-corrected chi connectivity index (χ2v) is 28.8. The molecule has 121 heavy (non-hydrogen) atoms. The molecule has 0 aliphatic carbocycles. The Morgan fingerprint density at radius 2 is 0.736 bits per heavy atom. The van der Waals surface area contributed by atoms with Crippen molar-refractivity contribution in [2.45, 2.75) is 44.7 Å². The Bertz CT molecular complexity index is 6020. The Balaban J connectivity index is 0.000000152. The van der Waals surface area contributed by atoms with E-state index in [9.17, 15) is 0 Å². The van der Waals surface area contributed by atoms with Gasteiger partial charge in [0.2, 0.25) is 17.6 Å². The van der Waals surface area contributed by atoms with E-state index < -0.39 is 0 Å². The van der Waals surface area contributed by atoms with Gasteiger partial charge in [0.15, 0.2) is 0 Å². The van der Waals surface area contributed by atoms with Gasteiger partial charge in [0.1, 0.15) is 11.7 Å². The van der Waals surface area contributed by atoms with Crippen LogP contribution in [0.5, 0.6) is 34.9 Å². The van der Waals surface area contributed by atoms with Crippen molar-refractivity contribution in [3.8, 4) is 135 Å². The van der Waals surface area contributed by atoms with Crippen molar-refractivity contribution >= 4 is 45.8 Å². The summed E-state index contributed by atoms with van der Waals surface area (Å²) in [5, 5.41) is 7.68. The summed E-state index contributed by atoms with van der Waals surface area (Å²) in [7, 11) is 2.02. The molecule has 0 radical (unpaired) electrons. The zero-order chi connectivity index (χ0) is 81.0. The summed E-state index contributed by atoms with van der Waals surface area (Å²) in [6, 6.07) is 127. The second-order valence-electron chi connectivity index (χ2n) is 27.3. The van der Waals surface area contributed by atoms with Crippen LogP contribution >= 0.6 is 11.3 Å². The number of nitrogens with zero attached hydrogens (tertiary/aromatic N) is 9. The minimum Gasteiger partial charge on any atom is -0.780 e. The van der Waals surface area contributed by atoms with Gasteiger partial charge in [0.05, 0.1) is 17.7 Å². The maximum absolute atomic E-state index is 5.99. The van der Waals surface area contributed by atoms with Crippen LogP contribution < -0.4 is 19.2 Å². The van der Waals surface area contributed by atoms with Crippen molar-refractivity contribution in [1.29, 1.82) is 0 Å². The number of imidazole rings is 1. The van der Waals surface area contributed by atoms with Crippen LogP contribution in [0.3, 0.4) is 0 Å². The third kappa shape index (κ3) is 25.5. The molecule has 0 spiro atoms. The quantitative estimate of drug-likeness (QED) is 0.0485. The Labute approximate surface area is 757 Å². The summed E-state index contributed by atoms with van der Waals surface area (Å²) < 4.78 is 25.4. The molecule has 7 aromatic heterocycles.